The molecule has 0 saturated carbocycles. The van der Waals surface area contributed by atoms with E-state index in [9.17, 15) is 18.5 Å². The summed E-state index contributed by atoms with van der Waals surface area (Å²) in [6, 6.07) is 0. The Morgan fingerprint density at radius 1 is 1.62 bits per heavy atom. The van der Waals surface area contributed by atoms with Crippen LogP contribution in [0.2, 0.25) is 0 Å². The van der Waals surface area contributed by atoms with Crippen LogP contribution in [-0.2, 0) is 10.2 Å². The van der Waals surface area contributed by atoms with Crippen molar-refractivity contribution in [1.29, 1.82) is 0 Å². The number of nitrogens with zero attached hydrogens (tertiary/aromatic N) is 1. The largest absolute Gasteiger partial charge is 0.508 e. The molecule has 0 fully saturated rings. The third-order valence-corrected chi connectivity index (χ3v) is 1.04. The highest BCUT2D eigenvalue weighted by atomic mass is 32.2. The Labute approximate surface area is 44.8 Å². The van der Waals surface area contributed by atoms with Crippen molar-refractivity contribution in [2.75, 3.05) is 0 Å². The molecule has 3 N–H and O–H groups in total. The topological polar surface area (TPSA) is 115 Å². The van der Waals surface area contributed by atoms with Crippen LogP contribution in [-0.4, -0.2) is 12.7 Å². The Hall–Kier alpha value is -0.730. The Bertz CT molecular complexity index is 177. The van der Waals surface area contributed by atoms with E-state index in [2.05, 4.69) is 5.84 Å². The van der Waals surface area contributed by atoms with E-state index in [0.717, 1.165) is 4.83 Å². The van der Waals surface area contributed by atoms with Crippen molar-refractivity contribution < 1.29 is 12.7 Å². The number of nitro groups is 1. The molecule has 0 spiro atoms. The number of hydrogen-bond acceptors (Lipinski definition) is 5. The molecule has 0 aromatic heterocycles. The van der Waals surface area contributed by atoms with Gasteiger partial charge in [-0.1, -0.05) is 4.83 Å². The van der Waals surface area contributed by atoms with Crippen LogP contribution in [0, 0.1) is 10.1 Å². The zero-order chi connectivity index (χ0) is 6.78. The van der Waals surface area contributed by atoms with Gasteiger partial charge in [-0.05, 0) is 0 Å². The highest BCUT2D eigenvalue weighted by Crippen LogP contribution is 1.76. The van der Waals surface area contributed by atoms with E-state index in [1.54, 1.807) is 0 Å². The van der Waals surface area contributed by atoms with Crippen molar-refractivity contribution in [3.8, 4) is 0 Å². The molecule has 0 atom stereocenters. The summed E-state index contributed by atoms with van der Waals surface area (Å²) in [5.41, 5.74) is 0. The van der Waals surface area contributed by atoms with Gasteiger partial charge in [0.1, 0.15) is 0 Å². The smallest absolute Gasteiger partial charge is 0.253 e. The summed E-state index contributed by atoms with van der Waals surface area (Å²) < 4.78 is 18.0. The molecule has 0 heterocycles. The second-order valence-electron chi connectivity index (χ2n) is 0.817. The highest BCUT2D eigenvalue weighted by Gasteiger charge is 2.19. The fraction of sp³-hybridized carbons (Fsp3) is 0. The number of hydrogen-bond donors (Lipinski definition) is 2. The quantitative estimate of drug-likeness (QED) is 0.261. The molecule has 0 aromatic rings. The number of nitrogens with two attached hydrogens (primary N) is 1. The molecule has 0 radical (unpaired) electrons. The van der Waals surface area contributed by atoms with Gasteiger partial charge in [-0.15, -0.1) is 8.42 Å². The van der Waals surface area contributed by atoms with Crippen LogP contribution in [0.5, 0.6) is 0 Å². The Morgan fingerprint density at radius 3 is 2.00 bits per heavy atom. The van der Waals surface area contributed by atoms with E-state index in [0.29, 0.717) is 0 Å². The lowest BCUT2D eigenvalue weighted by atomic mass is 13.0. The van der Waals surface area contributed by atoms with Crippen LogP contribution >= 0.6 is 0 Å². The van der Waals surface area contributed by atoms with E-state index in [4.69, 9.17) is 0 Å². The van der Waals surface area contributed by atoms with E-state index < -0.39 is 14.5 Å². The van der Waals surface area contributed by atoms with Gasteiger partial charge in [0.25, 0.3) is 0 Å². The molecule has 0 aliphatic heterocycles. The lowest BCUT2D eigenvalue weighted by Gasteiger charge is -1.86. The Balaban J connectivity index is 4.42. The minimum Gasteiger partial charge on any atom is -0.253 e. The van der Waals surface area contributed by atoms with Crippen LogP contribution in [0.25, 0.3) is 0 Å². The lowest BCUT2D eigenvalue weighted by Crippen LogP contribution is -2.35. The van der Waals surface area contributed by atoms with Crippen molar-refractivity contribution in [1.82, 2.24) is 4.83 Å². The molecule has 0 saturated heterocycles. The average molecular weight is 141 g/mol. The predicted molar refractivity (Wildman–Crippen MR) is 23.2 cm³/mol. The van der Waals surface area contributed by atoms with Gasteiger partial charge >= 0.3 is 10.2 Å². The number of hydrazine groups is 1. The van der Waals surface area contributed by atoms with Gasteiger partial charge in [0, 0.05) is 0 Å². The lowest BCUT2D eigenvalue weighted by molar-refractivity contribution is -0.307. The molecule has 0 aromatic carbocycles. The fourth-order valence-corrected chi connectivity index (χ4v) is 0.129. The maximum atomic E-state index is 9.76. The summed E-state index contributed by atoms with van der Waals surface area (Å²) in [5.74, 6) is 4.23. The summed E-state index contributed by atoms with van der Waals surface area (Å²) in [6.07, 6.45) is 0. The fourth-order valence-electron chi connectivity index (χ4n) is 0.0430. The van der Waals surface area contributed by atoms with Crippen molar-refractivity contribution >= 4 is 10.2 Å². The van der Waals surface area contributed by atoms with Gasteiger partial charge < -0.3 is 0 Å². The van der Waals surface area contributed by atoms with E-state index >= 15 is 0 Å². The summed E-state index contributed by atoms with van der Waals surface area (Å²) >= 11 is 0. The van der Waals surface area contributed by atoms with Crippen LogP contribution in [0.1, 0.15) is 0 Å². The molecule has 48 valence electrons. The van der Waals surface area contributed by atoms with Crippen LogP contribution < -0.4 is 10.7 Å². The van der Waals surface area contributed by atoms with Crippen LogP contribution in [0.15, 0.2) is 0 Å². The summed E-state index contributed by atoms with van der Waals surface area (Å²) in [6.45, 7) is 0. The van der Waals surface area contributed by atoms with Crippen LogP contribution in [0.4, 0.5) is 0 Å². The standard InChI is InChI=1S/H3N3O4S/c1-2-8(6,7)3(4)5/h2H,1H2. The van der Waals surface area contributed by atoms with E-state index in [-0.39, 0.29) is 0 Å². The maximum absolute atomic E-state index is 9.76. The van der Waals surface area contributed by atoms with Crippen molar-refractivity contribution in [3.63, 3.8) is 0 Å². The van der Waals surface area contributed by atoms with Crippen molar-refractivity contribution in [2.24, 2.45) is 5.84 Å². The minimum absolute atomic E-state index is 1.01. The normalized spacial score (nSPS) is 11.1. The van der Waals surface area contributed by atoms with Gasteiger partial charge in [-0.25, -0.2) is 10.1 Å². The molecule has 8 heavy (non-hydrogen) atoms. The van der Waals surface area contributed by atoms with Gasteiger partial charge in [-0.2, -0.15) is 0 Å². The minimum atomic E-state index is -4.49. The first-order chi connectivity index (χ1) is 3.50. The van der Waals surface area contributed by atoms with Gasteiger partial charge in [0.05, 0.1) is 0 Å². The molecule has 0 aliphatic carbocycles. The Kier molecular flexibility index (Phi) is 1.84. The molecule has 0 amide bonds. The summed E-state index contributed by atoms with van der Waals surface area (Å²) in [4.78, 5) is 10.3. The van der Waals surface area contributed by atoms with Gasteiger partial charge in [0.15, 0.2) is 4.33 Å². The maximum Gasteiger partial charge on any atom is 0.508 e. The van der Waals surface area contributed by atoms with Gasteiger partial charge in [-0.3, -0.25) is 5.84 Å². The van der Waals surface area contributed by atoms with E-state index in [1.807, 2.05) is 0 Å². The zero-order valence-electron chi connectivity index (χ0n) is 3.57. The second kappa shape index (κ2) is 2.03. The summed E-state index contributed by atoms with van der Waals surface area (Å²) in [7, 11) is -4.49. The molecule has 0 aliphatic rings. The molecule has 7 nitrogen and oxygen atoms in total. The molecule has 0 bridgehead atoms. The van der Waals surface area contributed by atoms with E-state index in [1.165, 1.54) is 0 Å². The van der Waals surface area contributed by atoms with Gasteiger partial charge in [0.2, 0.25) is 0 Å². The molecular weight excluding hydrogens is 138 g/mol. The average Bonchev–Trinajstić information content (AvgIpc) is 1.67. The Morgan fingerprint density at radius 2 is 2.00 bits per heavy atom. The van der Waals surface area contributed by atoms with Crippen LogP contribution in [0.3, 0.4) is 0 Å². The van der Waals surface area contributed by atoms with Crippen molar-refractivity contribution in [3.05, 3.63) is 10.1 Å². The summed E-state index contributed by atoms with van der Waals surface area (Å²) in [5, 5.41) is 9.33. The predicted octanol–water partition coefficient (Wildman–Crippen LogP) is -2.03. The second-order valence-corrected chi connectivity index (χ2v) is 2.30. The monoisotopic (exact) mass is 141 g/mol. The van der Waals surface area contributed by atoms with Crippen molar-refractivity contribution in [2.45, 2.75) is 0 Å². The first kappa shape index (κ1) is 7.27. The first-order valence-corrected chi connectivity index (χ1v) is 2.81. The first-order valence-electron chi connectivity index (χ1n) is 1.37. The highest BCUT2D eigenvalue weighted by molar-refractivity contribution is 7.83. The molecule has 8 heteroatoms. The number of rotatable bonds is 2. The SMILES string of the molecule is NNS(=O)(=O)[N+](=O)[O-]. The third kappa shape index (κ3) is 1.40. The third-order valence-electron chi connectivity index (χ3n) is 0.345. The molecular formula is H3N3O4S. The zero-order valence-corrected chi connectivity index (χ0v) is 4.38. The molecule has 0 rings (SSSR count). The molecule has 0 unspecified atom stereocenters. The number of nitrogens with one attached hydrogen (secondary N) is 1.